The van der Waals surface area contributed by atoms with E-state index in [2.05, 4.69) is 14.9 Å². The van der Waals surface area contributed by atoms with E-state index in [0.717, 1.165) is 17.7 Å². The fourth-order valence-corrected chi connectivity index (χ4v) is 4.93. The Morgan fingerprint density at radius 2 is 2.36 bits per heavy atom. The number of methoxy groups -OCH3 is 1. The van der Waals surface area contributed by atoms with Gasteiger partial charge in [-0.15, -0.1) is 11.3 Å². The van der Waals surface area contributed by atoms with E-state index in [4.69, 9.17) is 9.26 Å². The van der Waals surface area contributed by atoms with Crippen LogP contribution in [-0.2, 0) is 21.3 Å². The van der Waals surface area contributed by atoms with Gasteiger partial charge in [-0.2, -0.15) is 4.98 Å². The van der Waals surface area contributed by atoms with E-state index in [-0.39, 0.29) is 12.6 Å². The van der Waals surface area contributed by atoms with Gasteiger partial charge in [0.2, 0.25) is 10.0 Å². The Morgan fingerprint density at radius 1 is 1.50 bits per heavy atom. The van der Waals surface area contributed by atoms with Gasteiger partial charge < -0.3 is 9.26 Å². The van der Waals surface area contributed by atoms with Gasteiger partial charge in [-0.05, 0) is 30.7 Å². The largest absolute Gasteiger partial charge is 0.380 e. The van der Waals surface area contributed by atoms with Crippen LogP contribution in [0.25, 0.3) is 10.8 Å². The summed E-state index contributed by atoms with van der Waals surface area (Å²) in [5.74, 6) is 0.721. The molecule has 2 aromatic heterocycles. The predicted octanol–water partition coefficient (Wildman–Crippen LogP) is 1.78. The van der Waals surface area contributed by atoms with Crippen molar-refractivity contribution in [2.24, 2.45) is 0 Å². The fourth-order valence-electron chi connectivity index (χ4n) is 2.61. The number of sulfonamides is 1. The minimum absolute atomic E-state index is 0.0180. The Kier molecular flexibility index (Phi) is 4.57. The van der Waals surface area contributed by atoms with Crippen LogP contribution in [0.5, 0.6) is 0 Å². The van der Waals surface area contributed by atoms with Crippen molar-refractivity contribution in [3.05, 3.63) is 23.3 Å². The van der Waals surface area contributed by atoms with E-state index >= 15 is 0 Å². The van der Waals surface area contributed by atoms with Crippen LogP contribution in [0, 0.1) is 0 Å². The van der Waals surface area contributed by atoms with Crippen molar-refractivity contribution >= 4 is 21.4 Å². The first-order valence-electron chi connectivity index (χ1n) is 6.98. The molecule has 3 rings (SSSR count). The highest BCUT2D eigenvalue weighted by atomic mass is 32.2. The van der Waals surface area contributed by atoms with Crippen molar-refractivity contribution in [3.63, 3.8) is 0 Å². The molecule has 1 aliphatic rings. The number of rotatable bonds is 6. The van der Waals surface area contributed by atoms with Gasteiger partial charge in [0.25, 0.3) is 5.89 Å². The number of hydrogen-bond acceptors (Lipinski definition) is 7. The molecule has 7 nitrogen and oxygen atoms in total. The van der Waals surface area contributed by atoms with Gasteiger partial charge in [-0.3, -0.25) is 0 Å². The van der Waals surface area contributed by atoms with Gasteiger partial charge in [0.05, 0.1) is 17.5 Å². The number of aromatic nitrogens is 2. The number of nitrogens with zero attached hydrogens (tertiary/aromatic N) is 2. The molecular weight excluding hydrogens is 326 g/mol. The molecule has 0 spiro atoms. The highest BCUT2D eigenvalue weighted by molar-refractivity contribution is 7.90. The first kappa shape index (κ1) is 15.6. The summed E-state index contributed by atoms with van der Waals surface area (Å²) in [6, 6.07) is 3.76. The lowest BCUT2D eigenvalue weighted by atomic mass is 10.3. The summed E-state index contributed by atoms with van der Waals surface area (Å²) in [6.07, 6.45) is 1.99. The second-order valence-electron chi connectivity index (χ2n) is 5.10. The van der Waals surface area contributed by atoms with Crippen molar-refractivity contribution in [1.82, 2.24) is 14.9 Å². The SMILES string of the molecule is COC1CCCC1S(=O)(=O)NCc1noc(-c2cccs2)n1. The maximum absolute atomic E-state index is 12.3. The molecule has 0 amide bonds. The monoisotopic (exact) mass is 343 g/mol. The zero-order valence-corrected chi connectivity index (χ0v) is 13.7. The third-order valence-electron chi connectivity index (χ3n) is 3.72. The van der Waals surface area contributed by atoms with Crippen molar-refractivity contribution in [2.45, 2.75) is 37.2 Å². The summed E-state index contributed by atoms with van der Waals surface area (Å²) in [4.78, 5) is 5.05. The zero-order chi connectivity index (χ0) is 15.6. The molecule has 0 aliphatic heterocycles. The van der Waals surface area contributed by atoms with Crippen LogP contribution in [0.2, 0.25) is 0 Å². The third kappa shape index (κ3) is 3.22. The van der Waals surface area contributed by atoms with E-state index in [1.165, 1.54) is 11.3 Å². The van der Waals surface area contributed by atoms with Gasteiger partial charge in [0, 0.05) is 7.11 Å². The Morgan fingerprint density at radius 3 is 3.09 bits per heavy atom. The lowest BCUT2D eigenvalue weighted by molar-refractivity contribution is 0.111. The lowest BCUT2D eigenvalue weighted by Crippen LogP contribution is -2.39. The second-order valence-corrected chi connectivity index (χ2v) is 8.03. The van der Waals surface area contributed by atoms with Gasteiger partial charge in [-0.1, -0.05) is 11.2 Å². The van der Waals surface area contributed by atoms with Crippen LogP contribution in [-0.4, -0.2) is 37.0 Å². The van der Waals surface area contributed by atoms with Crippen LogP contribution in [0.15, 0.2) is 22.0 Å². The van der Waals surface area contributed by atoms with Crippen LogP contribution < -0.4 is 4.72 Å². The first-order chi connectivity index (χ1) is 10.6. The smallest absolute Gasteiger partial charge is 0.268 e. The summed E-state index contributed by atoms with van der Waals surface area (Å²) in [7, 11) is -1.91. The second kappa shape index (κ2) is 6.45. The average molecular weight is 343 g/mol. The van der Waals surface area contributed by atoms with E-state index in [9.17, 15) is 8.42 Å². The molecule has 22 heavy (non-hydrogen) atoms. The van der Waals surface area contributed by atoms with Crippen molar-refractivity contribution in [3.8, 4) is 10.8 Å². The van der Waals surface area contributed by atoms with E-state index in [1.807, 2.05) is 17.5 Å². The molecule has 2 atom stereocenters. The van der Waals surface area contributed by atoms with Crippen LogP contribution in [0.4, 0.5) is 0 Å². The van der Waals surface area contributed by atoms with Gasteiger partial charge in [0.1, 0.15) is 5.25 Å². The molecule has 2 unspecified atom stereocenters. The summed E-state index contributed by atoms with van der Waals surface area (Å²) in [6.45, 7) is 0.0180. The molecule has 0 radical (unpaired) electrons. The molecule has 9 heteroatoms. The van der Waals surface area contributed by atoms with Gasteiger partial charge >= 0.3 is 0 Å². The van der Waals surface area contributed by atoms with Crippen LogP contribution in [0.3, 0.4) is 0 Å². The number of hydrogen-bond donors (Lipinski definition) is 1. The van der Waals surface area contributed by atoms with E-state index < -0.39 is 15.3 Å². The third-order valence-corrected chi connectivity index (χ3v) is 6.47. The van der Waals surface area contributed by atoms with Gasteiger partial charge in [0.15, 0.2) is 5.82 Å². The quantitative estimate of drug-likeness (QED) is 0.859. The van der Waals surface area contributed by atoms with Gasteiger partial charge in [-0.25, -0.2) is 13.1 Å². The highest BCUT2D eigenvalue weighted by Crippen LogP contribution is 2.27. The lowest BCUT2D eigenvalue weighted by Gasteiger charge is -2.18. The molecule has 0 saturated heterocycles. The fraction of sp³-hybridized carbons (Fsp3) is 0.538. The van der Waals surface area contributed by atoms with Crippen molar-refractivity contribution in [1.29, 1.82) is 0 Å². The van der Waals surface area contributed by atoms with Crippen molar-refractivity contribution in [2.75, 3.05) is 7.11 Å². The molecular formula is C13H17N3O4S2. The Balaban J connectivity index is 1.65. The zero-order valence-electron chi connectivity index (χ0n) is 12.1. The summed E-state index contributed by atoms with van der Waals surface area (Å²) in [5, 5.41) is 5.20. The minimum atomic E-state index is -3.46. The minimum Gasteiger partial charge on any atom is -0.380 e. The van der Waals surface area contributed by atoms with Crippen LogP contribution >= 0.6 is 11.3 Å². The van der Waals surface area contributed by atoms with Crippen LogP contribution in [0.1, 0.15) is 25.1 Å². The van der Waals surface area contributed by atoms with E-state index in [1.54, 1.807) is 7.11 Å². The molecule has 0 bridgehead atoms. The summed E-state index contributed by atoms with van der Waals surface area (Å²) in [5.41, 5.74) is 0. The first-order valence-corrected chi connectivity index (χ1v) is 9.40. The number of thiophene rings is 1. The highest BCUT2D eigenvalue weighted by Gasteiger charge is 2.37. The summed E-state index contributed by atoms with van der Waals surface area (Å²) < 4.78 is 37.6. The normalized spacial score (nSPS) is 22.2. The molecule has 2 heterocycles. The Hall–Kier alpha value is -1.29. The average Bonchev–Trinajstić information content (AvgIpc) is 3.23. The maximum atomic E-state index is 12.3. The molecule has 120 valence electrons. The molecule has 1 N–H and O–H groups in total. The molecule has 0 aromatic carbocycles. The Labute approximate surface area is 132 Å². The number of nitrogens with one attached hydrogen (secondary N) is 1. The molecule has 1 saturated carbocycles. The number of ether oxygens (including phenoxy) is 1. The topological polar surface area (TPSA) is 94.3 Å². The Bertz CT molecular complexity index is 711. The molecule has 1 fully saturated rings. The standard InChI is InChI=1S/C13H17N3O4S2/c1-19-9-4-2-6-11(9)22(17,18)14-8-12-15-13(20-16-12)10-5-3-7-21-10/h3,5,7,9,11,14H,2,4,6,8H2,1H3. The molecule has 1 aliphatic carbocycles. The van der Waals surface area contributed by atoms with E-state index in [0.29, 0.717) is 18.1 Å². The van der Waals surface area contributed by atoms with Crippen molar-refractivity contribution < 1.29 is 17.7 Å². The molecule has 2 aromatic rings. The summed E-state index contributed by atoms with van der Waals surface area (Å²) >= 11 is 1.49. The maximum Gasteiger partial charge on any atom is 0.268 e. The predicted molar refractivity (Wildman–Crippen MR) is 81.8 cm³/mol.